The fourth-order valence-corrected chi connectivity index (χ4v) is 3.25. The Kier molecular flexibility index (Phi) is 4.78. The molecule has 3 N–H and O–H groups in total. The number of nitrogens with zero attached hydrogens (tertiary/aromatic N) is 1. The van der Waals surface area contributed by atoms with Crippen molar-refractivity contribution >= 4 is 17.5 Å². The van der Waals surface area contributed by atoms with Crippen LogP contribution in [0.2, 0.25) is 0 Å². The third-order valence-electron chi connectivity index (χ3n) is 5.12. The van der Waals surface area contributed by atoms with Crippen LogP contribution in [0, 0.1) is 17.2 Å². The Morgan fingerprint density at radius 1 is 1.44 bits per heavy atom. The summed E-state index contributed by atoms with van der Waals surface area (Å²) in [5.74, 6) is 0.169. The molecule has 0 spiro atoms. The first kappa shape index (κ1) is 17.4. The number of hydrogen-bond donors (Lipinski definition) is 3. The standard InChI is InChI=1S/C19H24N4O2/c1-12(13-3-7-16-14(9-13)4-8-17(24)22-16)21-10-18(25)23-19(2,11-20)15-5-6-15/h3,7,9,12,15,21H,4-6,8,10H2,1-2H3,(H,22,24)(H,23,25)/t12-,19-/m1/s1. The van der Waals surface area contributed by atoms with Gasteiger partial charge in [0.1, 0.15) is 5.54 Å². The Labute approximate surface area is 148 Å². The van der Waals surface area contributed by atoms with E-state index >= 15 is 0 Å². The number of amides is 2. The second kappa shape index (κ2) is 6.85. The van der Waals surface area contributed by atoms with Gasteiger partial charge in [0.05, 0.1) is 12.6 Å². The molecule has 1 fully saturated rings. The molecule has 1 heterocycles. The number of aryl methyl sites for hydroxylation is 1. The number of nitriles is 1. The number of anilines is 1. The maximum absolute atomic E-state index is 12.2. The monoisotopic (exact) mass is 340 g/mol. The van der Waals surface area contributed by atoms with Crippen LogP contribution in [-0.4, -0.2) is 23.9 Å². The number of hydrogen-bond acceptors (Lipinski definition) is 4. The molecule has 0 radical (unpaired) electrons. The van der Waals surface area contributed by atoms with Crippen LogP contribution >= 0.6 is 0 Å². The zero-order chi connectivity index (χ0) is 18.0. The molecule has 2 aliphatic rings. The van der Waals surface area contributed by atoms with Gasteiger partial charge < -0.3 is 16.0 Å². The molecule has 0 aromatic heterocycles. The van der Waals surface area contributed by atoms with Crippen LogP contribution in [0.15, 0.2) is 18.2 Å². The maximum Gasteiger partial charge on any atom is 0.235 e. The summed E-state index contributed by atoms with van der Waals surface area (Å²) in [4.78, 5) is 23.6. The minimum absolute atomic E-state index is 0.00273. The lowest BCUT2D eigenvalue weighted by Gasteiger charge is -2.24. The topological polar surface area (TPSA) is 94.0 Å². The van der Waals surface area contributed by atoms with Crippen molar-refractivity contribution in [2.24, 2.45) is 5.92 Å². The van der Waals surface area contributed by atoms with Gasteiger partial charge in [-0.05, 0) is 56.2 Å². The molecule has 1 saturated carbocycles. The molecule has 2 amide bonds. The van der Waals surface area contributed by atoms with Gasteiger partial charge in [0.15, 0.2) is 0 Å². The van der Waals surface area contributed by atoms with Gasteiger partial charge in [-0.15, -0.1) is 0 Å². The summed E-state index contributed by atoms with van der Waals surface area (Å²) in [6.07, 6.45) is 3.25. The van der Waals surface area contributed by atoms with Crippen molar-refractivity contribution in [2.75, 3.05) is 11.9 Å². The summed E-state index contributed by atoms with van der Waals surface area (Å²) >= 11 is 0. The predicted molar refractivity (Wildman–Crippen MR) is 94.7 cm³/mol. The summed E-state index contributed by atoms with van der Waals surface area (Å²) in [5, 5.41) is 18.3. The smallest absolute Gasteiger partial charge is 0.235 e. The van der Waals surface area contributed by atoms with E-state index in [1.807, 2.05) is 19.1 Å². The predicted octanol–water partition coefficient (Wildman–Crippen LogP) is 2.03. The Balaban J connectivity index is 1.56. The van der Waals surface area contributed by atoms with E-state index in [1.54, 1.807) is 6.92 Å². The van der Waals surface area contributed by atoms with Gasteiger partial charge in [-0.1, -0.05) is 12.1 Å². The zero-order valence-electron chi connectivity index (χ0n) is 14.7. The summed E-state index contributed by atoms with van der Waals surface area (Å²) in [6.45, 7) is 3.96. The van der Waals surface area contributed by atoms with E-state index in [1.165, 1.54) is 0 Å². The molecule has 132 valence electrons. The Hall–Kier alpha value is -2.39. The van der Waals surface area contributed by atoms with Crippen LogP contribution in [0.5, 0.6) is 0 Å². The van der Waals surface area contributed by atoms with Gasteiger partial charge >= 0.3 is 0 Å². The van der Waals surface area contributed by atoms with Crippen molar-refractivity contribution in [2.45, 2.75) is 51.1 Å². The second-order valence-electron chi connectivity index (χ2n) is 7.20. The molecule has 0 saturated heterocycles. The number of nitrogens with one attached hydrogen (secondary N) is 3. The molecular weight excluding hydrogens is 316 g/mol. The van der Waals surface area contributed by atoms with Crippen molar-refractivity contribution in [3.05, 3.63) is 29.3 Å². The highest BCUT2D eigenvalue weighted by Gasteiger charge is 2.42. The van der Waals surface area contributed by atoms with Crippen LogP contribution < -0.4 is 16.0 Å². The van der Waals surface area contributed by atoms with Gasteiger partial charge in [-0.3, -0.25) is 9.59 Å². The lowest BCUT2D eigenvalue weighted by molar-refractivity contribution is -0.121. The summed E-state index contributed by atoms with van der Waals surface area (Å²) in [5.41, 5.74) is 2.32. The average molecular weight is 340 g/mol. The van der Waals surface area contributed by atoms with Crippen LogP contribution in [0.25, 0.3) is 0 Å². The molecule has 0 bridgehead atoms. The molecule has 3 rings (SSSR count). The highest BCUT2D eigenvalue weighted by molar-refractivity contribution is 5.93. The van der Waals surface area contributed by atoms with E-state index in [9.17, 15) is 14.9 Å². The van der Waals surface area contributed by atoms with Crippen molar-refractivity contribution in [3.63, 3.8) is 0 Å². The summed E-state index contributed by atoms with van der Waals surface area (Å²) < 4.78 is 0. The minimum Gasteiger partial charge on any atom is -0.337 e. The number of fused-ring (bicyclic) bond motifs is 1. The molecule has 1 aliphatic carbocycles. The lowest BCUT2D eigenvalue weighted by atomic mass is 9.97. The van der Waals surface area contributed by atoms with Crippen molar-refractivity contribution in [1.82, 2.24) is 10.6 Å². The second-order valence-corrected chi connectivity index (χ2v) is 7.20. The summed E-state index contributed by atoms with van der Waals surface area (Å²) in [7, 11) is 0. The first-order valence-corrected chi connectivity index (χ1v) is 8.79. The van der Waals surface area contributed by atoms with Crippen molar-refractivity contribution < 1.29 is 9.59 Å². The van der Waals surface area contributed by atoms with Gasteiger partial charge in [0.25, 0.3) is 0 Å². The molecule has 2 atom stereocenters. The van der Waals surface area contributed by atoms with Gasteiger partial charge in [-0.2, -0.15) is 5.26 Å². The fourth-order valence-electron chi connectivity index (χ4n) is 3.25. The Bertz CT molecular complexity index is 735. The highest BCUT2D eigenvalue weighted by atomic mass is 16.2. The van der Waals surface area contributed by atoms with Crippen LogP contribution in [0.3, 0.4) is 0 Å². The van der Waals surface area contributed by atoms with E-state index in [2.05, 4.69) is 28.1 Å². The SMILES string of the molecule is C[C@@H](NCC(=O)N[C@](C)(C#N)C1CC1)c1ccc2c(c1)CCC(=O)N2. The van der Waals surface area contributed by atoms with Gasteiger partial charge in [0.2, 0.25) is 11.8 Å². The molecule has 1 aromatic carbocycles. The number of carbonyl (C=O) groups excluding carboxylic acids is 2. The molecule has 0 unspecified atom stereocenters. The van der Waals surface area contributed by atoms with E-state index in [4.69, 9.17) is 0 Å². The Morgan fingerprint density at radius 2 is 2.20 bits per heavy atom. The molecule has 1 aromatic rings. The first-order valence-electron chi connectivity index (χ1n) is 8.79. The summed E-state index contributed by atoms with van der Waals surface area (Å²) in [6, 6.07) is 8.19. The third-order valence-corrected chi connectivity index (χ3v) is 5.12. The van der Waals surface area contributed by atoms with E-state index in [0.29, 0.717) is 6.42 Å². The molecule has 6 heteroatoms. The average Bonchev–Trinajstić information content (AvgIpc) is 3.44. The lowest BCUT2D eigenvalue weighted by Crippen LogP contribution is -2.49. The highest BCUT2D eigenvalue weighted by Crippen LogP contribution is 2.39. The largest absolute Gasteiger partial charge is 0.337 e. The minimum atomic E-state index is -0.758. The van der Waals surface area contributed by atoms with E-state index < -0.39 is 5.54 Å². The maximum atomic E-state index is 12.2. The van der Waals surface area contributed by atoms with Crippen LogP contribution in [-0.2, 0) is 16.0 Å². The van der Waals surface area contributed by atoms with Gasteiger partial charge in [0, 0.05) is 18.2 Å². The van der Waals surface area contributed by atoms with E-state index in [0.717, 1.165) is 36.1 Å². The fraction of sp³-hybridized carbons (Fsp3) is 0.526. The number of rotatable bonds is 6. The Morgan fingerprint density at radius 3 is 2.88 bits per heavy atom. The molecular formula is C19H24N4O2. The van der Waals surface area contributed by atoms with Gasteiger partial charge in [-0.25, -0.2) is 0 Å². The first-order chi connectivity index (χ1) is 11.9. The third kappa shape index (κ3) is 3.99. The molecule has 25 heavy (non-hydrogen) atoms. The van der Waals surface area contributed by atoms with Crippen molar-refractivity contribution in [3.8, 4) is 6.07 Å². The van der Waals surface area contributed by atoms with Crippen LogP contribution in [0.4, 0.5) is 5.69 Å². The van der Waals surface area contributed by atoms with E-state index in [-0.39, 0.29) is 30.3 Å². The van der Waals surface area contributed by atoms with Crippen LogP contribution in [0.1, 0.15) is 50.3 Å². The van der Waals surface area contributed by atoms with Crippen molar-refractivity contribution in [1.29, 1.82) is 5.26 Å². The normalized spacial score (nSPS) is 19.8. The zero-order valence-corrected chi connectivity index (χ0v) is 14.7. The number of carbonyl (C=O) groups is 2. The molecule has 1 aliphatic heterocycles. The molecule has 6 nitrogen and oxygen atoms in total. The number of benzene rings is 1. The quantitative estimate of drug-likeness (QED) is 0.738.